The number of hydrogen-bond acceptors (Lipinski definition) is 1. The lowest BCUT2D eigenvalue weighted by atomic mass is 10.1. The second-order valence-corrected chi connectivity index (χ2v) is 3.68. The van der Waals surface area contributed by atoms with E-state index in [1.54, 1.807) is 0 Å². The number of nitrogens with one attached hydrogen (secondary N) is 2. The van der Waals surface area contributed by atoms with E-state index >= 15 is 0 Å². The molecule has 0 bridgehead atoms. The number of benzene rings is 2. The Balaban J connectivity index is 2.43. The molecule has 3 aromatic rings. The molecular formula is C13H12N2. The fraction of sp³-hybridized carbons (Fsp3) is 0.0769. The lowest BCUT2D eigenvalue weighted by Gasteiger charge is -1.98. The topological polar surface area (TPSA) is 27.8 Å². The summed E-state index contributed by atoms with van der Waals surface area (Å²) in [7, 11) is 1.93. The molecule has 1 heterocycles. The molecule has 1 aromatic heterocycles. The Morgan fingerprint density at radius 2 is 1.73 bits per heavy atom. The smallest absolute Gasteiger partial charge is 0.0485 e. The number of H-pyrrole nitrogens is 1. The quantitative estimate of drug-likeness (QED) is 0.613. The zero-order valence-electron chi connectivity index (χ0n) is 8.54. The van der Waals surface area contributed by atoms with E-state index in [0.29, 0.717) is 0 Å². The average Bonchev–Trinajstić information content (AvgIpc) is 2.66. The molecule has 2 heteroatoms. The molecule has 74 valence electrons. The first-order valence-corrected chi connectivity index (χ1v) is 5.07. The van der Waals surface area contributed by atoms with Gasteiger partial charge in [0, 0.05) is 34.5 Å². The van der Waals surface area contributed by atoms with Crippen LogP contribution in [0.15, 0.2) is 42.5 Å². The molecule has 0 amide bonds. The summed E-state index contributed by atoms with van der Waals surface area (Å²) in [5, 5.41) is 5.71. The highest BCUT2D eigenvalue weighted by Crippen LogP contribution is 2.26. The van der Waals surface area contributed by atoms with E-state index in [2.05, 4.69) is 52.8 Å². The fourth-order valence-corrected chi connectivity index (χ4v) is 2.01. The Hall–Kier alpha value is -1.96. The molecule has 0 unspecified atom stereocenters. The van der Waals surface area contributed by atoms with Crippen molar-refractivity contribution in [1.82, 2.24) is 4.98 Å². The van der Waals surface area contributed by atoms with Crippen molar-refractivity contribution in [2.75, 3.05) is 12.4 Å². The molecule has 0 spiro atoms. The maximum atomic E-state index is 3.41. The fourth-order valence-electron chi connectivity index (χ4n) is 2.01. The minimum absolute atomic E-state index is 1.13. The molecule has 0 aliphatic carbocycles. The van der Waals surface area contributed by atoms with Crippen LogP contribution in [0.4, 0.5) is 5.69 Å². The molecule has 0 saturated carbocycles. The number of aromatic nitrogens is 1. The molecule has 3 rings (SSSR count). The van der Waals surface area contributed by atoms with Crippen LogP contribution in [0, 0.1) is 0 Å². The maximum absolute atomic E-state index is 3.41. The van der Waals surface area contributed by atoms with Gasteiger partial charge in [0.1, 0.15) is 0 Å². The summed E-state index contributed by atoms with van der Waals surface area (Å²) < 4.78 is 0. The van der Waals surface area contributed by atoms with Gasteiger partial charge in [0.2, 0.25) is 0 Å². The van der Waals surface area contributed by atoms with Crippen LogP contribution in [0.1, 0.15) is 0 Å². The minimum Gasteiger partial charge on any atom is -0.388 e. The third-order valence-corrected chi connectivity index (χ3v) is 2.79. The summed E-state index contributed by atoms with van der Waals surface area (Å²) >= 11 is 0. The summed E-state index contributed by atoms with van der Waals surface area (Å²) in [6, 6.07) is 14.8. The Morgan fingerprint density at radius 1 is 0.933 bits per heavy atom. The van der Waals surface area contributed by atoms with Gasteiger partial charge < -0.3 is 10.3 Å². The van der Waals surface area contributed by atoms with Crippen molar-refractivity contribution in [2.24, 2.45) is 0 Å². The summed E-state index contributed by atoms with van der Waals surface area (Å²) in [6.07, 6.45) is 0. The Morgan fingerprint density at radius 3 is 2.60 bits per heavy atom. The first-order chi connectivity index (χ1) is 7.38. The molecule has 2 nitrogen and oxygen atoms in total. The van der Waals surface area contributed by atoms with Gasteiger partial charge in [-0.3, -0.25) is 0 Å². The highest BCUT2D eigenvalue weighted by atomic mass is 14.8. The largest absolute Gasteiger partial charge is 0.388 e. The summed E-state index contributed by atoms with van der Waals surface area (Å²) in [6.45, 7) is 0. The normalized spacial score (nSPS) is 11.0. The van der Waals surface area contributed by atoms with Crippen LogP contribution >= 0.6 is 0 Å². The van der Waals surface area contributed by atoms with Crippen molar-refractivity contribution < 1.29 is 0 Å². The minimum atomic E-state index is 1.13. The molecule has 0 aliphatic heterocycles. The molecule has 0 radical (unpaired) electrons. The molecule has 2 N–H and O–H groups in total. The highest BCUT2D eigenvalue weighted by Gasteiger charge is 2.02. The lowest BCUT2D eigenvalue weighted by molar-refractivity contribution is 1.50. The van der Waals surface area contributed by atoms with E-state index in [1.165, 1.54) is 21.8 Å². The van der Waals surface area contributed by atoms with Gasteiger partial charge in [-0.05, 0) is 18.2 Å². The van der Waals surface area contributed by atoms with Crippen molar-refractivity contribution >= 4 is 27.5 Å². The molecule has 2 aromatic carbocycles. The zero-order chi connectivity index (χ0) is 10.3. The van der Waals surface area contributed by atoms with Crippen molar-refractivity contribution in [1.29, 1.82) is 0 Å². The van der Waals surface area contributed by atoms with Crippen LogP contribution in [0.25, 0.3) is 21.8 Å². The third-order valence-electron chi connectivity index (χ3n) is 2.79. The van der Waals surface area contributed by atoms with Gasteiger partial charge in [-0.2, -0.15) is 0 Å². The van der Waals surface area contributed by atoms with E-state index in [0.717, 1.165) is 5.69 Å². The van der Waals surface area contributed by atoms with E-state index in [4.69, 9.17) is 0 Å². The molecule has 0 atom stereocenters. The molecular weight excluding hydrogens is 184 g/mol. The van der Waals surface area contributed by atoms with Crippen molar-refractivity contribution in [3.05, 3.63) is 42.5 Å². The monoisotopic (exact) mass is 196 g/mol. The van der Waals surface area contributed by atoms with Crippen LogP contribution < -0.4 is 5.32 Å². The van der Waals surface area contributed by atoms with Crippen molar-refractivity contribution in [3.8, 4) is 0 Å². The van der Waals surface area contributed by atoms with Crippen LogP contribution in [-0.2, 0) is 0 Å². The van der Waals surface area contributed by atoms with E-state index in [9.17, 15) is 0 Å². The predicted octanol–water partition coefficient (Wildman–Crippen LogP) is 3.36. The molecule has 0 fully saturated rings. The number of hydrogen-bond donors (Lipinski definition) is 2. The highest BCUT2D eigenvalue weighted by molar-refractivity contribution is 6.07. The van der Waals surface area contributed by atoms with E-state index in [1.807, 2.05) is 7.05 Å². The first kappa shape index (κ1) is 8.36. The van der Waals surface area contributed by atoms with Crippen molar-refractivity contribution in [2.45, 2.75) is 0 Å². The number of fused-ring (bicyclic) bond motifs is 3. The number of anilines is 1. The Labute approximate surface area is 87.9 Å². The van der Waals surface area contributed by atoms with Gasteiger partial charge in [0.25, 0.3) is 0 Å². The number of aromatic amines is 1. The van der Waals surface area contributed by atoms with Crippen LogP contribution in [0.5, 0.6) is 0 Å². The van der Waals surface area contributed by atoms with Gasteiger partial charge in [0.15, 0.2) is 0 Å². The van der Waals surface area contributed by atoms with Gasteiger partial charge in [-0.15, -0.1) is 0 Å². The van der Waals surface area contributed by atoms with Crippen LogP contribution in [0.2, 0.25) is 0 Å². The van der Waals surface area contributed by atoms with Crippen molar-refractivity contribution in [3.63, 3.8) is 0 Å². The standard InChI is InChI=1S/C13H12N2/c1-14-9-6-7-11-10-4-2-3-5-12(10)15-13(11)8-9/h2-8,14-15H,1H3. The maximum Gasteiger partial charge on any atom is 0.0485 e. The van der Waals surface area contributed by atoms with E-state index < -0.39 is 0 Å². The molecule has 0 saturated heterocycles. The van der Waals surface area contributed by atoms with Gasteiger partial charge in [0.05, 0.1) is 0 Å². The van der Waals surface area contributed by atoms with Crippen LogP contribution in [0.3, 0.4) is 0 Å². The van der Waals surface area contributed by atoms with Gasteiger partial charge in [-0.25, -0.2) is 0 Å². The summed E-state index contributed by atoms with van der Waals surface area (Å²) in [5.41, 5.74) is 3.51. The summed E-state index contributed by atoms with van der Waals surface area (Å²) in [4.78, 5) is 3.41. The van der Waals surface area contributed by atoms with Gasteiger partial charge in [-0.1, -0.05) is 24.3 Å². The van der Waals surface area contributed by atoms with Crippen LogP contribution in [-0.4, -0.2) is 12.0 Å². The SMILES string of the molecule is CNc1ccc2c(c1)[nH]c1ccccc12. The Kier molecular flexibility index (Phi) is 1.68. The molecule has 0 aliphatic rings. The van der Waals surface area contributed by atoms with Gasteiger partial charge >= 0.3 is 0 Å². The third kappa shape index (κ3) is 1.18. The first-order valence-electron chi connectivity index (χ1n) is 5.07. The zero-order valence-corrected chi connectivity index (χ0v) is 8.54. The second kappa shape index (κ2) is 3.02. The second-order valence-electron chi connectivity index (χ2n) is 3.68. The lowest BCUT2D eigenvalue weighted by Crippen LogP contribution is -1.85. The number of rotatable bonds is 1. The van der Waals surface area contributed by atoms with E-state index in [-0.39, 0.29) is 0 Å². The molecule has 15 heavy (non-hydrogen) atoms. The average molecular weight is 196 g/mol. The summed E-state index contributed by atoms with van der Waals surface area (Å²) in [5.74, 6) is 0. The Bertz CT molecular complexity index is 623. The predicted molar refractivity (Wildman–Crippen MR) is 65.4 cm³/mol. The number of para-hydroxylation sites is 1.